The first-order chi connectivity index (χ1) is 7.64. The Morgan fingerprint density at radius 1 is 1.25 bits per heavy atom. The highest BCUT2D eigenvalue weighted by molar-refractivity contribution is 5.63. The van der Waals surface area contributed by atoms with Crippen molar-refractivity contribution in [2.24, 2.45) is 5.92 Å². The van der Waals surface area contributed by atoms with Crippen molar-refractivity contribution in [3.8, 4) is 0 Å². The van der Waals surface area contributed by atoms with E-state index in [2.05, 4.69) is 0 Å². The van der Waals surface area contributed by atoms with E-state index in [-0.39, 0.29) is 5.92 Å². The van der Waals surface area contributed by atoms with E-state index in [4.69, 9.17) is 14.5 Å². The molecule has 92 valence electrons. The van der Waals surface area contributed by atoms with Gasteiger partial charge in [-0.3, -0.25) is 4.79 Å². The molecule has 0 bridgehead atoms. The Hall–Kier alpha value is -0.450. The second-order valence-electron chi connectivity index (χ2n) is 5.06. The fourth-order valence-electron chi connectivity index (χ4n) is 2.69. The zero-order valence-corrected chi connectivity index (χ0v) is 10.0. The highest BCUT2D eigenvalue weighted by Crippen LogP contribution is 2.43. The molecule has 2 rings (SSSR count). The van der Waals surface area contributed by atoms with Gasteiger partial charge in [-0.25, -0.2) is 9.78 Å². The van der Waals surface area contributed by atoms with Crippen LogP contribution in [0.1, 0.15) is 45.4 Å². The van der Waals surface area contributed by atoms with Crippen molar-refractivity contribution in [3.05, 3.63) is 0 Å². The molecule has 0 aromatic rings. The number of ether oxygens (including phenoxy) is 1. The molecule has 0 unspecified atom stereocenters. The van der Waals surface area contributed by atoms with Crippen LogP contribution in [0.2, 0.25) is 0 Å². The molecule has 2 aliphatic rings. The lowest BCUT2D eigenvalue weighted by atomic mass is 9.74. The summed E-state index contributed by atoms with van der Waals surface area (Å²) in [6.07, 6.45) is 6.63. The molecule has 4 nitrogen and oxygen atoms in total. The van der Waals surface area contributed by atoms with Crippen LogP contribution >= 0.6 is 0 Å². The predicted molar refractivity (Wildman–Crippen MR) is 57.6 cm³/mol. The normalized spacial score (nSPS) is 44.5. The lowest BCUT2D eigenvalue weighted by molar-refractivity contribution is -0.447. The molecular formula is C12H20O4. The van der Waals surface area contributed by atoms with Crippen molar-refractivity contribution in [1.29, 1.82) is 0 Å². The summed E-state index contributed by atoms with van der Waals surface area (Å²) < 4.78 is 5.29. The maximum atomic E-state index is 11.3. The number of rotatable bonds is 2. The molecule has 0 aromatic carbocycles. The lowest BCUT2D eigenvalue weighted by Gasteiger charge is -2.36. The van der Waals surface area contributed by atoms with Crippen LogP contribution in [0.15, 0.2) is 0 Å². The lowest BCUT2D eigenvalue weighted by Crippen LogP contribution is -2.44. The van der Waals surface area contributed by atoms with Gasteiger partial charge in [0.25, 0.3) is 0 Å². The van der Waals surface area contributed by atoms with E-state index in [1.165, 1.54) is 6.42 Å². The van der Waals surface area contributed by atoms with Gasteiger partial charge < -0.3 is 4.74 Å². The maximum absolute atomic E-state index is 11.3. The van der Waals surface area contributed by atoms with Gasteiger partial charge >= 0.3 is 0 Å². The Morgan fingerprint density at radius 2 is 2.06 bits per heavy atom. The molecule has 1 aliphatic carbocycles. The van der Waals surface area contributed by atoms with E-state index >= 15 is 0 Å². The van der Waals surface area contributed by atoms with Crippen molar-refractivity contribution >= 4 is 6.29 Å². The molecule has 2 fully saturated rings. The van der Waals surface area contributed by atoms with Crippen LogP contribution in [0.5, 0.6) is 0 Å². The van der Waals surface area contributed by atoms with Gasteiger partial charge in [0.2, 0.25) is 0 Å². The zero-order valence-electron chi connectivity index (χ0n) is 10.0. The number of methoxy groups -OCH3 is 1. The van der Waals surface area contributed by atoms with Gasteiger partial charge in [0.05, 0.1) is 0 Å². The number of carbonyl (C=O) groups is 1. The summed E-state index contributed by atoms with van der Waals surface area (Å²) in [5, 5.41) is 0. The molecule has 1 heterocycles. The topological polar surface area (TPSA) is 44.8 Å². The standard InChI is InChI=1S/C12H20O4/c1-11(14-2)8-6-10-5-3-4-7-12(10,9-13)16-15-11/h9-10H,3-8H2,1-2H3/t10-,11+,12-/m1/s1. The minimum Gasteiger partial charge on any atom is -0.351 e. The third-order valence-corrected chi connectivity index (χ3v) is 4.01. The zero-order chi connectivity index (χ0) is 11.6. The average molecular weight is 228 g/mol. The Morgan fingerprint density at radius 3 is 2.75 bits per heavy atom. The molecular weight excluding hydrogens is 208 g/mol. The van der Waals surface area contributed by atoms with Crippen molar-refractivity contribution in [2.45, 2.75) is 56.8 Å². The van der Waals surface area contributed by atoms with Gasteiger partial charge in [0.15, 0.2) is 17.7 Å². The van der Waals surface area contributed by atoms with E-state index in [9.17, 15) is 4.79 Å². The van der Waals surface area contributed by atoms with E-state index in [0.29, 0.717) is 0 Å². The fraction of sp³-hybridized carbons (Fsp3) is 0.917. The average Bonchev–Trinajstić information content (AvgIpc) is 2.49. The van der Waals surface area contributed by atoms with Crippen molar-refractivity contribution < 1.29 is 19.3 Å². The summed E-state index contributed by atoms with van der Waals surface area (Å²) >= 11 is 0. The van der Waals surface area contributed by atoms with Gasteiger partial charge in [0.1, 0.15) is 0 Å². The molecule has 0 radical (unpaired) electrons. The van der Waals surface area contributed by atoms with Crippen molar-refractivity contribution in [3.63, 3.8) is 0 Å². The molecule has 1 saturated heterocycles. The minimum absolute atomic E-state index is 0.274. The highest BCUT2D eigenvalue weighted by Gasteiger charge is 2.48. The van der Waals surface area contributed by atoms with Crippen LogP contribution in [0.25, 0.3) is 0 Å². The number of carbonyl (C=O) groups excluding carboxylic acids is 1. The van der Waals surface area contributed by atoms with Crippen LogP contribution in [0.4, 0.5) is 0 Å². The van der Waals surface area contributed by atoms with E-state index in [1.54, 1.807) is 7.11 Å². The van der Waals surface area contributed by atoms with Crippen LogP contribution < -0.4 is 0 Å². The molecule has 0 N–H and O–H groups in total. The number of fused-ring (bicyclic) bond motifs is 1. The summed E-state index contributed by atoms with van der Waals surface area (Å²) in [5.41, 5.74) is -0.728. The molecule has 16 heavy (non-hydrogen) atoms. The first kappa shape index (κ1) is 12.0. The van der Waals surface area contributed by atoms with Gasteiger partial charge in [0, 0.05) is 13.5 Å². The van der Waals surface area contributed by atoms with Crippen molar-refractivity contribution in [1.82, 2.24) is 0 Å². The highest BCUT2D eigenvalue weighted by atomic mass is 17.2. The van der Waals surface area contributed by atoms with Crippen LogP contribution in [-0.2, 0) is 19.3 Å². The minimum atomic E-state index is -0.728. The van der Waals surface area contributed by atoms with Gasteiger partial charge in [-0.1, -0.05) is 6.42 Å². The summed E-state index contributed by atoms with van der Waals surface area (Å²) in [7, 11) is 1.60. The second-order valence-corrected chi connectivity index (χ2v) is 5.06. The quantitative estimate of drug-likeness (QED) is 0.537. The van der Waals surface area contributed by atoms with Crippen molar-refractivity contribution in [2.75, 3.05) is 7.11 Å². The van der Waals surface area contributed by atoms with E-state index in [1.807, 2.05) is 6.92 Å². The largest absolute Gasteiger partial charge is 0.351 e. The van der Waals surface area contributed by atoms with Gasteiger partial charge in [-0.15, -0.1) is 0 Å². The Bertz CT molecular complexity index is 268. The molecule has 0 amide bonds. The Balaban J connectivity index is 2.17. The summed E-state index contributed by atoms with van der Waals surface area (Å²) in [5.74, 6) is -0.441. The second kappa shape index (κ2) is 4.43. The molecule has 0 aromatic heterocycles. The van der Waals surface area contributed by atoms with Gasteiger partial charge in [-0.2, -0.15) is 0 Å². The van der Waals surface area contributed by atoms with Crippen LogP contribution in [0, 0.1) is 5.92 Å². The fourth-order valence-corrected chi connectivity index (χ4v) is 2.69. The molecule has 1 saturated carbocycles. The first-order valence-electron chi connectivity index (χ1n) is 6.02. The third-order valence-electron chi connectivity index (χ3n) is 4.01. The Labute approximate surface area is 96.2 Å². The Kier molecular flexibility index (Phi) is 3.33. The third kappa shape index (κ3) is 2.01. The van der Waals surface area contributed by atoms with Gasteiger partial charge in [-0.05, 0) is 38.5 Å². The molecule has 1 aliphatic heterocycles. The molecule has 0 spiro atoms. The predicted octanol–water partition coefficient (Wildman–Crippen LogP) is 2.22. The number of aldehydes is 1. The summed E-state index contributed by atoms with van der Waals surface area (Å²) in [6.45, 7) is 1.85. The summed E-state index contributed by atoms with van der Waals surface area (Å²) in [6, 6.07) is 0. The van der Waals surface area contributed by atoms with Crippen LogP contribution in [0.3, 0.4) is 0 Å². The summed E-state index contributed by atoms with van der Waals surface area (Å²) in [4.78, 5) is 22.1. The maximum Gasteiger partial charge on any atom is 0.198 e. The number of hydrogen-bond donors (Lipinski definition) is 0. The number of hydrogen-bond acceptors (Lipinski definition) is 4. The molecule has 4 heteroatoms. The van der Waals surface area contributed by atoms with E-state index < -0.39 is 11.4 Å². The SMILES string of the molecule is CO[C@]1(C)CC[C@H]2CCCC[C@]2(C=O)OO1. The first-order valence-corrected chi connectivity index (χ1v) is 6.02. The van der Waals surface area contributed by atoms with Crippen LogP contribution in [-0.4, -0.2) is 24.8 Å². The molecule has 3 atom stereocenters. The smallest absolute Gasteiger partial charge is 0.198 e. The van der Waals surface area contributed by atoms with E-state index in [0.717, 1.165) is 38.4 Å². The monoisotopic (exact) mass is 228 g/mol.